The van der Waals surface area contributed by atoms with Crippen molar-refractivity contribution in [3.63, 3.8) is 0 Å². The highest BCUT2D eigenvalue weighted by Gasteiger charge is 2.40. The number of carbonyl (C=O) groups is 2. The van der Waals surface area contributed by atoms with Crippen LogP contribution in [-0.4, -0.2) is 35.8 Å². The van der Waals surface area contributed by atoms with E-state index in [-0.39, 0.29) is 17.9 Å². The molecule has 0 radical (unpaired) electrons. The van der Waals surface area contributed by atoms with Crippen LogP contribution in [0.2, 0.25) is 0 Å². The molecule has 0 spiro atoms. The van der Waals surface area contributed by atoms with Gasteiger partial charge in [-0.25, -0.2) is 0 Å². The summed E-state index contributed by atoms with van der Waals surface area (Å²) in [6.07, 6.45) is 6.57. The third-order valence-electron chi connectivity index (χ3n) is 4.86. The molecule has 0 aromatic carbocycles. The lowest BCUT2D eigenvalue weighted by molar-refractivity contribution is -0.149. The molecule has 2 amide bonds. The van der Waals surface area contributed by atoms with Gasteiger partial charge >= 0.3 is 0 Å². The number of hydrogen-bond acceptors (Lipinski definition) is 2. The Kier molecular flexibility index (Phi) is 4.71. The summed E-state index contributed by atoms with van der Waals surface area (Å²) >= 11 is 0. The van der Waals surface area contributed by atoms with E-state index in [2.05, 4.69) is 12.2 Å². The SMILES string of the molecule is CC1CCN(C(=O)C(C)(C)C(=O)NC2CCCC2)CC1. The minimum Gasteiger partial charge on any atom is -0.352 e. The number of carbonyl (C=O) groups excluding carboxylic acids is 2. The number of amides is 2. The molecule has 2 fully saturated rings. The average Bonchev–Trinajstić information content (AvgIpc) is 2.91. The Hall–Kier alpha value is -1.06. The highest BCUT2D eigenvalue weighted by molar-refractivity contribution is 6.04. The number of hydrogen-bond donors (Lipinski definition) is 1. The van der Waals surface area contributed by atoms with E-state index in [0.29, 0.717) is 5.92 Å². The van der Waals surface area contributed by atoms with Crippen molar-refractivity contribution in [1.29, 1.82) is 0 Å². The standard InChI is InChI=1S/C16H28N2O2/c1-12-8-10-18(11-9-12)15(20)16(2,3)14(19)17-13-6-4-5-7-13/h12-13H,4-11H2,1-3H3,(H,17,19). The molecule has 2 rings (SSSR count). The second-order valence-corrected chi connectivity index (χ2v) is 7.05. The van der Waals surface area contributed by atoms with Crippen molar-refractivity contribution in [1.82, 2.24) is 10.2 Å². The van der Waals surface area contributed by atoms with Crippen LogP contribution in [0.5, 0.6) is 0 Å². The summed E-state index contributed by atoms with van der Waals surface area (Å²) in [6, 6.07) is 0.274. The molecule has 1 N–H and O–H groups in total. The number of nitrogens with zero attached hydrogens (tertiary/aromatic N) is 1. The highest BCUT2D eigenvalue weighted by atomic mass is 16.2. The van der Waals surface area contributed by atoms with Gasteiger partial charge in [0.1, 0.15) is 5.41 Å². The van der Waals surface area contributed by atoms with Crippen molar-refractivity contribution in [2.45, 2.75) is 65.3 Å². The molecule has 4 heteroatoms. The van der Waals surface area contributed by atoms with Gasteiger partial charge in [0, 0.05) is 19.1 Å². The van der Waals surface area contributed by atoms with E-state index in [0.717, 1.165) is 38.8 Å². The zero-order chi connectivity index (χ0) is 14.8. The number of rotatable bonds is 3. The Morgan fingerprint density at radius 1 is 1.05 bits per heavy atom. The molecule has 0 bridgehead atoms. The topological polar surface area (TPSA) is 49.4 Å². The van der Waals surface area contributed by atoms with Crippen LogP contribution in [-0.2, 0) is 9.59 Å². The normalized spacial score (nSPS) is 22.1. The smallest absolute Gasteiger partial charge is 0.237 e. The summed E-state index contributed by atoms with van der Waals surface area (Å²) < 4.78 is 0. The Morgan fingerprint density at radius 2 is 1.60 bits per heavy atom. The molecule has 20 heavy (non-hydrogen) atoms. The Balaban J connectivity index is 1.93. The van der Waals surface area contributed by atoms with Gasteiger partial charge in [0.25, 0.3) is 0 Å². The number of likely N-dealkylation sites (tertiary alicyclic amines) is 1. The van der Waals surface area contributed by atoms with Crippen LogP contribution in [0.4, 0.5) is 0 Å². The van der Waals surface area contributed by atoms with Gasteiger partial charge in [-0.3, -0.25) is 9.59 Å². The number of piperidine rings is 1. The van der Waals surface area contributed by atoms with E-state index in [1.165, 1.54) is 12.8 Å². The minimum absolute atomic E-state index is 0.0140. The third-order valence-corrected chi connectivity index (χ3v) is 4.86. The summed E-state index contributed by atoms with van der Waals surface area (Å²) in [5.41, 5.74) is -0.941. The first-order chi connectivity index (χ1) is 9.41. The van der Waals surface area contributed by atoms with Crippen LogP contribution in [0.1, 0.15) is 59.3 Å². The van der Waals surface area contributed by atoms with Crippen LogP contribution in [0, 0.1) is 11.3 Å². The lowest BCUT2D eigenvalue weighted by Crippen LogP contribution is -2.52. The first-order valence-electron chi connectivity index (χ1n) is 8.01. The van der Waals surface area contributed by atoms with E-state index in [1.807, 2.05) is 4.90 Å². The first-order valence-corrected chi connectivity index (χ1v) is 8.01. The second kappa shape index (κ2) is 6.15. The maximum Gasteiger partial charge on any atom is 0.237 e. The minimum atomic E-state index is -0.941. The Morgan fingerprint density at radius 3 is 2.15 bits per heavy atom. The van der Waals surface area contributed by atoms with Crippen molar-refractivity contribution >= 4 is 11.8 Å². The largest absolute Gasteiger partial charge is 0.352 e. The van der Waals surface area contributed by atoms with Gasteiger partial charge in [-0.15, -0.1) is 0 Å². The van der Waals surface area contributed by atoms with Crippen LogP contribution in [0.15, 0.2) is 0 Å². The van der Waals surface area contributed by atoms with Gasteiger partial charge in [0.2, 0.25) is 11.8 Å². The molecule has 1 heterocycles. The van der Waals surface area contributed by atoms with E-state index in [4.69, 9.17) is 0 Å². The molecule has 1 aliphatic heterocycles. The second-order valence-electron chi connectivity index (χ2n) is 7.05. The summed E-state index contributed by atoms with van der Waals surface area (Å²) in [4.78, 5) is 26.9. The van der Waals surface area contributed by atoms with Crippen LogP contribution >= 0.6 is 0 Å². The molecule has 1 saturated heterocycles. The van der Waals surface area contributed by atoms with Crippen LogP contribution in [0.3, 0.4) is 0 Å². The first kappa shape index (κ1) is 15.3. The summed E-state index contributed by atoms with van der Waals surface area (Å²) in [6.45, 7) is 7.33. The van der Waals surface area contributed by atoms with E-state index < -0.39 is 5.41 Å². The molecule has 0 atom stereocenters. The fourth-order valence-corrected chi connectivity index (χ4v) is 3.14. The molecular formula is C16H28N2O2. The van der Waals surface area contributed by atoms with Gasteiger partial charge in [0.05, 0.1) is 0 Å². The van der Waals surface area contributed by atoms with Gasteiger partial charge in [0.15, 0.2) is 0 Å². The molecule has 1 aliphatic carbocycles. The van der Waals surface area contributed by atoms with Gasteiger partial charge in [-0.2, -0.15) is 0 Å². The lowest BCUT2D eigenvalue weighted by Gasteiger charge is -2.35. The molecule has 4 nitrogen and oxygen atoms in total. The summed E-state index contributed by atoms with van der Waals surface area (Å²) in [5.74, 6) is 0.572. The maximum atomic E-state index is 12.6. The van der Waals surface area contributed by atoms with Gasteiger partial charge in [-0.05, 0) is 45.4 Å². The zero-order valence-electron chi connectivity index (χ0n) is 13.1. The molecular weight excluding hydrogens is 252 g/mol. The van der Waals surface area contributed by atoms with Crippen LogP contribution < -0.4 is 5.32 Å². The highest BCUT2D eigenvalue weighted by Crippen LogP contribution is 2.26. The van der Waals surface area contributed by atoms with Crippen molar-refractivity contribution in [2.75, 3.05) is 13.1 Å². The Labute approximate surface area is 122 Å². The van der Waals surface area contributed by atoms with Crippen LogP contribution in [0.25, 0.3) is 0 Å². The maximum absolute atomic E-state index is 12.6. The predicted octanol–water partition coefficient (Wildman–Crippen LogP) is 2.33. The predicted molar refractivity (Wildman–Crippen MR) is 79.2 cm³/mol. The number of nitrogens with one attached hydrogen (secondary N) is 1. The molecule has 0 aromatic rings. The monoisotopic (exact) mass is 280 g/mol. The molecule has 0 aromatic heterocycles. The fourth-order valence-electron chi connectivity index (χ4n) is 3.14. The van der Waals surface area contributed by atoms with Crippen molar-refractivity contribution in [2.24, 2.45) is 11.3 Å². The molecule has 2 aliphatic rings. The van der Waals surface area contributed by atoms with E-state index >= 15 is 0 Å². The van der Waals surface area contributed by atoms with Crippen molar-refractivity contribution in [3.8, 4) is 0 Å². The quantitative estimate of drug-likeness (QED) is 0.807. The Bertz CT molecular complexity index is 365. The molecule has 114 valence electrons. The van der Waals surface area contributed by atoms with Crippen molar-refractivity contribution < 1.29 is 9.59 Å². The van der Waals surface area contributed by atoms with E-state index in [1.54, 1.807) is 13.8 Å². The van der Waals surface area contributed by atoms with E-state index in [9.17, 15) is 9.59 Å². The molecule has 1 saturated carbocycles. The zero-order valence-corrected chi connectivity index (χ0v) is 13.1. The van der Waals surface area contributed by atoms with Gasteiger partial charge in [-0.1, -0.05) is 19.8 Å². The van der Waals surface area contributed by atoms with Gasteiger partial charge < -0.3 is 10.2 Å². The summed E-state index contributed by atoms with van der Waals surface area (Å²) in [5, 5.41) is 3.06. The molecule has 0 unspecified atom stereocenters. The average molecular weight is 280 g/mol. The third kappa shape index (κ3) is 3.33. The van der Waals surface area contributed by atoms with Crippen molar-refractivity contribution in [3.05, 3.63) is 0 Å². The summed E-state index contributed by atoms with van der Waals surface area (Å²) in [7, 11) is 0. The fraction of sp³-hybridized carbons (Fsp3) is 0.875. The lowest BCUT2D eigenvalue weighted by atomic mass is 9.88.